The third-order valence-electron chi connectivity index (χ3n) is 4.21. The highest BCUT2D eigenvalue weighted by Crippen LogP contribution is 2.31. The Morgan fingerprint density at radius 1 is 1.06 bits per heavy atom. The Morgan fingerprint density at radius 2 is 1.65 bits per heavy atom. The molecule has 96 valence electrons. The van der Waals surface area contributed by atoms with Gasteiger partial charge in [-0.15, -0.1) is 0 Å². The van der Waals surface area contributed by atoms with E-state index in [9.17, 15) is 5.26 Å². The van der Waals surface area contributed by atoms with Gasteiger partial charge in [-0.25, -0.2) is 0 Å². The van der Waals surface area contributed by atoms with Crippen LogP contribution in [0.3, 0.4) is 0 Å². The van der Waals surface area contributed by atoms with E-state index in [0.717, 1.165) is 25.9 Å². The van der Waals surface area contributed by atoms with Crippen molar-refractivity contribution in [2.24, 2.45) is 5.92 Å². The predicted molar refractivity (Wildman–Crippen MR) is 64.5 cm³/mol. The smallest absolute Gasteiger partial charge is 0.0971 e. The summed E-state index contributed by atoms with van der Waals surface area (Å²) in [6.07, 6.45) is 4.94. The Hall–Kier alpha value is -0.630. The van der Waals surface area contributed by atoms with Crippen molar-refractivity contribution in [2.75, 3.05) is 27.3 Å². The average Bonchev–Trinajstić information content (AvgIpc) is 2.81. The van der Waals surface area contributed by atoms with Crippen LogP contribution in [-0.2, 0) is 9.47 Å². The van der Waals surface area contributed by atoms with E-state index < -0.39 is 0 Å². The largest absolute Gasteiger partial charge is 0.377 e. The Labute approximate surface area is 103 Å². The first-order chi connectivity index (χ1) is 8.30. The van der Waals surface area contributed by atoms with E-state index in [4.69, 9.17) is 9.47 Å². The van der Waals surface area contributed by atoms with Crippen molar-refractivity contribution in [3.05, 3.63) is 0 Å². The van der Waals surface area contributed by atoms with Gasteiger partial charge in [-0.2, -0.15) is 5.26 Å². The Balaban J connectivity index is 2.00. The highest BCUT2D eigenvalue weighted by Gasteiger charge is 2.39. The molecule has 1 saturated heterocycles. The van der Waals surface area contributed by atoms with Gasteiger partial charge in [0, 0.05) is 33.4 Å². The fraction of sp³-hybridized carbons (Fsp3) is 0.923. The van der Waals surface area contributed by atoms with E-state index in [-0.39, 0.29) is 18.1 Å². The quantitative estimate of drug-likeness (QED) is 0.746. The molecule has 2 rings (SSSR count). The minimum atomic E-state index is 0.154. The van der Waals surface area contributed by atoms with Crippen LogP contribution in [0.25, 0.3) is 0 Å². The average molecular weight is 238 g/mol. The molecule has 0 N–H and O–H groups in total. The summed E-state index contributed by atoms with van der Waals surface area (Å²) in [7, 11) is 3.48. The van der Waals surface area contributed by atoms with E-state index >= 15 is 0 Å². The van der Waals surface area contributed by atoms with Crippen molar-refractivity contribution < 1.29 is 9.47 Å². The molecule has 1 heterocycles. The van der Waals surface area contributed by atoms with E-state index in [2.05, 4.69) is 11.0 Å². The third-order valence-corrected chi connectivity index (χ3v) is 4.21. The number of hydrogen-bond acceptors (Lipinski definition) is 4. The van der Waals surface area contributed by atoms with Gasteiger partial charge in [0.1, 0.15) is 0 Å². The molecule has 4 unspecified atom stereocenters. The van der Waals surface area contributed by atoms with Crippen LogP contribution in [0.4, 0.5) is 0 Å². The summed E-state index contributed by atoms with van der Waals surface area (Å²) in [5, 5.41) is 9.23. The maximum absolute atomic E-state index is 9.23. The standard InChI is InChI=1S/C13H22N2O2/c1-16-12-8-15(9-13(12)17-2)11-6-4-3-5-10(11)7-14/h10-13H,3-6,8-9H2,1-2H3. The van der Waals surface area contributed by atoms with Crippen LogP contribution in [0.1, 0.15) is 25.7 Å². The monoisotopic (exact) mass is 238 g/mol. The van der Waals surface area contributed by atoms with Crippen molar-refractivity contribution in [3.8, 4) is 6.07 Å². The summed E-state index contributed by atoms with van der Waals surface area (Å²) in [4.78, 5) is 2.40. The van der Waals surface area contributed by atoms with E-state index in [1.54, 1.807) is 14.2 Å². The molecular weight excluding hydrogens is 216 g/mol. The van der Waals surface area contributed by atoms with Gasteiger partial charge in [0.25, 0.3) is 0 Å². The second-order valence-electron chi connectivity index (χ2n) is 5.09. The Bertz CT molecular complexity index is 278. The molecular formula is C13H22N2O2. The van der Waals surface area contributed by atoms with Gasteiger partial charge in [0.15, 0.2) is 0 Å². The summed E-state index contributed by atoms with van der Waals surface area (Å²) < 4.78 is 10.9. The number of likely N-dealkylation sites (tertiary alicyclic amines) is 1. The van der Waals surface area contributed by atoms with Crippen molar-refractivity contribution in [3.63, 3.8) is 0 Å². The molecule has 1 aliphatic heterocycles. The number of hydrogen-bond donors (Lipinski definition) is 0. The molecule has 0 aromatic carbocycles. The summed E-state index contributed by atoms with van der Waals surface area (Å²) in [5.41, 5.74) is 0. The SMILES string of the molecule is COC1CN(C2CCCCC2C#N)CC1OC. The van der Waals surface area contributed by atoms with Crippen molar-refractivity contribution in [2.45, 2.75) is 43.9 Å². The van der Waals surface area contributed by atoms with Crippen molar-refractivity contribution in [1.82, 2.24) is 4.90 Å². The van der Waals surface area contributed by atoms with Gasteiger partial charge in [0.05, 0.1) is 24.2 Å². The molecule has 17 heavy (non-hydrogen) atoms. The molecule has 1 aliphatic carbocycles. The lowest BCUT2D eigenvalue weighted by molar-refractivity contribution is -0.00461. The molecule has 0 aromatic heterocycles. The van der Waals surface area contributed by atoms with Crippen LogP contribution in [0.15, 0.2) is 0 Å². The fourth-order valence-electron chi connectivity index (χ4n) is 3.19. The highest BCUT2D eigenvalue weighted by atomic mass is 16.5. The summed E-state index contributed by atoms with van der Waals surface area (Å²) in [5.74, 6) is 0.192. The normalized spacial score (nSPS) is 39.1. The van der Waals surface area contributed by atoms with Crippen LogP contribution in [0, 0.1) is 17.2 Å². The zero-order chi connectivity index (χ0) is 12.3. The predicted octanol–water partition coefficient (Wildman–Crippen LogP) is 1.41. The molecule has 4 nitrogen and oxygen atoms in total. The fourth-order valence-corrected chi connectivity index (χ4v) is 3.19. The number of nitrogens with zero attached hydrogens (tertiary/aromatic N) is 2. The highest BCUT2D eigenvalue weighted by molar-refractivity contribution is 4.99. The first-order valence-corrected chi connectivity index (χ1v) is 6.49. The maximum Gasteiger partial charge on any atom is 0.0971 e. The molecule has 2 aliphatic rings. The van der Waals surface area contributed by atoms with Gasteiger partial charge >= 0.3 is 0 Å². The number of methoxy groups -OCH3 is 2. The molecule has 0 bridgehead atoms. The summed E-state index contributed by atoms with van der Waals surface area (Å²) in [6, 6.07) is 2.88. The number of rotatable bonds is 3. The van der Waals surface area contributed by atoms with Crippen LogP contribution >= 0.6 is 0 Å². The molecule has 4 atom stereocenters. The Morgan fingerprint density at radius 3 is 2.18 bits per heavy atom. The first kappa shape index (κ1) is 12.8. The van der Waals surface area contributed by atoms with Gasteiger partial charge in [-0.05, 0) is 12.8 Å². The topological polar surface area (TPSA) is 45.5 Å². The van der Waals surface area contributed by atoms with E-state index in [1.807, 2.05) is 0 Å². The lowest BCUT2D eigenvalue weighted by atomic mass is 9.84. The van der Waals surface area contributed by atoms with Crippen LogP contribution in [-0.4, -0.2) is 50.5 Å². The lowest BCUT2D eigenvalue weighted by Crippen LogP contribution is -2.41. The minimum Gasteiger partial charge on any atom is -0.377 e. The maximum atomic E-state index is 9.23. The molecule has 0 spiro atoms. The van der Waals surface area contributed by atoms with Gasteiger partial charge < -0.3 is 9.47 Å². The first-order valence-electron chi connectivity index (χ1n) is 6.49. The lowest BCUT2D eigenvalue weighted by Gasteiger charge is -2.34. The Kier molecular flexibility index (Phi) is 4.38. The van der Waals surface area contributed by atoms with Gasteiger partial charge in [0.2, 0.25) is 0 Å². The van der Waals surface area contributed by atoms with Crippen LogP contribution in [0.5, 0.6) is 0 Å². The van der Waals surface area contributed by atoms with Crippen LogP contribution < -0.4 is 0 Å². The summed E-state index contributed by atoms with van der Waals surface area (Å²) in [6.45, 7) is 1.80. The minimum absolute atomic E-state index is 0.154. The molecule has 1 saturated carbocycles. The van der Waals surface area contributed by atoms with Crippen molar-refractivity contribution in [1.29, 1.82) is 5.26 Å². The second kappa shape index (κ2) is 5.81. The third kappa shape index (κ3) is 2.62. The van der Waals surface area contributed by atoms with Crippen LogP contribution in [0.2, 0.25) is 0 Å². The summed E-state index contributed by atoms with van der Waals surface area (Å²) >= 11 is 0. The van der Waals surface area contributed by atoms with Gasteiger partial charge in [-0.1, -0.05) is 12.8 Å². The molecule has 0 radical (unpaired) electrons. The van der Waals surface area contributed by atoms with E-state index in [0.29, 0.717) is 6.04 Å². The molecule has 4 heteroatoms. The number of ether oxygens (including phenoxy) is 2. The molecule has 2 fully saturated rings. The van der Waals surface area contributed by atoms with Gasteiger partial charge in [-0.3, -0.25) is 4.90 Å². The molecule has 0 aromatic rings. The molecule has 0 amide bonds. The zero-order valence-electron chi connectivity index (χ0n) is 10.8. The van der Waals surface area contributed by atoms with Crippen molar-refractivity contribution >= 4 is 0 Å². The van der Waals surface area contributed by atoms with E-state index in [1.165, 1.54) is 12.8 Å². The zero-order valence-corrected chi connectivity index (χ0v) is 10.8. The second-order valence-corrected chi connectivity index (χ2v) is 5.09. The number of nitriles is 1.